The summed E-state index contributed by atoms with van der Waals surface area (Å²) in [5, 5.41) is 3.07. The van der Waals surface area contributed by atoms with Crippen LogP contribution < -0.4 is 10.0 Å². The fourth-order valence-corrected chi connectivity index (χ4v) is 3.63. The summed E-state index contributed by atoms with van der Waals surface area (Å²) in [6.07, 6.45) is 2.79. The second-order valence-electron chi connectivity index (χ2n) is 5.79. The molecule has 1 aromatic carbocycles. The molecule has 1 heterocycles. The number of halogens is 2. The van der Waals surface area contributed by atoms with Gasteiger partial charge in [-0.3, -0.25) is 4.79 Å². The Morgan fingerprint density at radius 2 is 1.88 bits per heavy atom. The standard InChI is InChI=1S/C16H24FN3O3S.ClH/c1-2-7-18-8-9-19-24(22,23)13-5-6-14(15(17)12-13)16(21)20-10-3-4-11-20;/h5-6,12,18-19H,2-4,7-11H2,1H3;1H. The SMILES string of the molecule is CCCNCCNS(=O)(=O)c1ccc(C(=O)N2CCCC2)c(F)c1.Cl. The molecule has 0 aliphatic carbocycles. The van der Waals surface area contributed by atoms with E-state index in [1.165, 1.54) is 12.1 Å². The fourth-order valence-electron chi connectivity index (χ4n) is 2.59. The minimum Gasteiger partial charge on any atom is -0.339 e. The molecule has 9 heteroatoms. The van der Waals surface area contributed by atoms with Gasteiger partial charge in [-0.15, -0.1) is 12.4 Å². The van der Waals surface area contributed by atoms with E-state index in [0.717, 1.165) is 31.9 Å². The zero-order valence-corrected chi connectivity index (χ0v) is 15.9. The van der Waals surface area contributed by atoms with Gasteiger partial charge in [0.2, 0.25) is 10.0 Å². The highest BCUT2D eigenvalue weighted by atomic mass is 35.5. The number of carbonyl (C=O) groups excluding carboxylic acids is 1. The first-order valence-electron chi connectivity index (χ1n) is 8.25. The average molecular weight is 394 g/mol. The van der Waals surface area contributed by atoms with Crippen molar-refractivity contribution in [3.63, 3.8) is 0 Å². The lowest BCUT2D eigenvalue weighted by atomic mass is 10.2. The Hall–Kier alpha value is -1.22. The molecule has 1 aliphatic heterocycles. The highest BCUT2D eigenvalue weighted by Gasteiger charge is 2.24. The number of hydrogen-bond donors (Lipinski definition) is 2. The van der Waals surface area contributed by atoms with Crippen LogP contribution in [0.4, 0.5) is 4.39 Å². The van der Waals surface area contributed by atoms with Crippen molar-refractivity contribution < 1.29 is 17.6 Å². The van der Waals surface area contributed by atoms with E-state index in [4.69, 9.17) is 0 Å². The molecular formula is C16H25ClFN3O3S. The van der Waals surface area contributed by atoms with Gasteiger partial charge in [0.15, 0.2) is 0 Å². The first-order valence-corrected chi connectivity index (χ1v) is 9.73. The molecule has 0 spiro atoms. The Kier molecular flexibility index (Phi) is 8.78. The Morgan fingerprint density at radius 3 is 2.48 bits per heavy atom. The van der Waals surface area contributed by atoms with Gasteiger partial charge in [0.05, 0.1) is 10.5 Å². The van der Waals surface area contributed by atoms with Gasteiger partial charge >= 0.3 is 0 Å². The van der Waals surface area contributed by atoms with Crippen LogP contribution in [-0.2, 0) is 10.0 Å². The number of hydrogen-bond acceptors (Lipinski definition) is 4. The van der Waals surface area contributed by atoms with Gasteiger partial charge in [-0.25, -0.2) is 17.5 Å². The number of likely N-dealkylation sites (tertiary alicyclic amines) is 1. The topological polar surface area (TPSA) is 78.5 Å². The second-order valence-corrected chi connectivity index (χ2v) is 7.56. The average Bonchev–Trinajstić information content (AvgIpc) is 3.08. The van der Waals surface area contributed by atoms with Crippen LogP contribution in [0.2, 0.25) is 0 Å². The van der Waals surface area contributed by atoms with Crippen molar-refractivity contribution in [1.29, 1.82) is 0 Å². The quantitative estimate of drug-likeness (QED) is 0.660. The number of nitrogens with one attached hydrogen (secondary N) is 2. The van der Waals surface area contributed by atoms with Crippen LogP contribution in [0.1, 0.15) is 36.5 Å². The van der Waals surface area contributed by atoms with Crippen LogP contribution in [0, 0.1) is 5.82 Å². The molecule has 25 heavy (non-hydrogen) atoms. The molecule has 1 aliphatic rings. The van der Waals surface area contributed by atoms with Crippen molar-refractivity contribution in [2.75, 3.05) is 32.7 Å². The van der Waals surface area contributed by atoms with Crippen molar-refractivity contribution in [3.05, 3.63) is 29.6 Å². The van der Waals surface area contributed by atoms with Crippen LogP contribution in [0.3, 0.4) is 0 Å². The summed E-state index contributed by atoms with van der Waals surface area (Å²) < 4.78 is 40.9. The monoisotopic (exact) mass is 393 g/mol. The smallest absolute Gasteiger partial charge is 0.256 e. The maximum Gasteiger partial charge on any atom is 0.256 e. The van der Waals surface area contributed by atoms with Gasteiger partial charge in [-0.1, -0.05) is 6.92 Å². The van der Waals surface area contributed by atoms with Crippen LogP contribution in [0.5, 0.6) is 0 Å². The van der Waals surface area contributed by atoms with Gasteiger partial charge in [0, 0.05) is 26.2 Å². The first kappa shape index (κ1) is 21.8. The molecule has 1 aromatic rings. The Bertz CT molecular complexity index is 679. The molecule has 142 valence electrons. The summed E-state index contributed by atoms with van der Waals surface area (Å²) in [5.41, 5.74) is -0.0829. The highest BCUT2D eigenvalue weighted by Crippen LogP contribution is 2.19. The fraction of sp³-hybridized carbons (Fsp3) is 0.562. The first-order chi connectivity index (χ1) is 11.5. The second kappa shape index (κ2) is 10.1. The minimum absolute atomic E-state index is 0. The predicted octanol–water partition coefficient (Wildman–Crippen LogP) is 1.76. The maximum atomic E-state index is 14.2. The number of sulfonamides is 1. The summed E-state index contributed by atoms with van der Waals surface area (Å²) in [6.45, 7) is 4.78. The third-order valence-electron chi connectivity index (χ3n) is 3.90. The molecule has 1 saturated heterocycles. The van der Waals surface area contributed by atoms with Crippen LogP contribution in [0.15, 0.2) is 23.1 Å². The van der Waals surface area contributed by atoms with Crippen molar-refractivity contribution >= 4 is 28.3 Å². The van der Waals surface area contributed by atoms with Crippen molar-refractivity contribution in [3.8, 4) is 0 Å². The highest BCUT2D eigenvalue weighted by molar-refractivity contribution is 7.89. The third-order valence-corrected chi connectivity index (χ3v) is 5.35. The Balaban J connectivity index is 0.00000312. The van der Waals surface area contributed by atoms with Crippen LogP contribution in [0.25, 0.3) is 0 Å². The molecule has 2 N–H and O–H groups in total. The predicted molar refractivity (Wildman–Crippen MR) is 97.1 cm³/mol. The Labute approximate surface area is 154 Å². The van der Waals surface area contributed by atoms with E-state index in [-0.39, 0.29) is 35.3 Å². The number of benzene rings is 1. The summed E-state index contributed by atoms with van der Waals surface area (Å²) in [5.74, 6) is -1.19. The van der Waals surface area contributed by atoms with E-state index in [1.807, 2.05) is 6.92 Å². The number of carbonyl (C=O) groups is 1. The van der Waals surface area contributed by atoms with E-state index in [0.29, 0.717) is 19.6 Å². The van der Waals surface area contributed by atoms with Gasteiger partial charge in [0.25, 0.3) is 5.91 Å². The normalized spacial score (nSPS) is 14.4. The van der Waals surface area contributed by atoms with Crippen molar-refractivity contribution in [1.82, 2.24) is 14.9 Å². The molecular weight excluding hydrogens is 369 g/mol. The number of nitrogens with zero attached hydrogens (tertiary/aromatic N) is 1. The van der Waals surface area contributed by atoms with Crippen LogP contribution >= 0.6 is 12.4 Å². The molecule has 0 aromatic heterocycles. The Morgan fingerprint density at radius 1 is 1.20 bits per heavy atom. The molecule has 6 nitrogen and oxygen atoms in total. The summed E-state index contributed by atoms with van der Waals surface area (Å²) in [6, 6.07) is 3.43. The van der Waals surface area contributed by atoms with Gasteiger partial charge in [0.1, 0.15) is 5.82 Å². The van der Waals surface area contributed by atoms with E-state index in [1.54, 1.807) is 4.90 Å². The minimum atomic E-state index is -3.79. The number of rotatable bonds is 8. The lowest BCUT2D eigenvalue weighted by molar-refractivity contribution is 0.0788. The number of amides is 1. The van der Waals surface area contributed by atoms with Gasteiger partial charge in [-0.2, -0.15) is 0 Å². The van der Waals surface area contributed by atoms with Gasteiger partial charge in [-0.05, 0) is 44.0 Å². The lowest BCUT2D eigenvalue weighted by Crippen LogP contribution is -2.32. The molecule has 1 amide bonds. The van der Waals surface area contributed by atoms with Crippen LogP contribution in [-0.4, -0.2) is 51.9 Å². The summed E-state index contributed by atoms with van der Waals surface area (Å²) in [4.78, 5) is 13.6. The largest absolute Gasteiger partial charge is 0.339 e. The van der Waals surface area contributed by atoms with E-state index < -0.39 is 15.8 Å². The molecule has 2 rings (SSSR count). The zero-order chi connectivity index (χ0) is 17.6. The summed E-state index contributed by atoms with van der Waals surface area (Å²) >= 11 is 0. The third kappa shape index (κ3) is 5.91. The van der Waals surface area contributed by atoms with Crippen molar-refractivity contribution in [2.45, 2.75) is 31.1 Å². The molecule has 1 fully saturated rings. The van der Waals surface area contributed by atoms with E-state index >= 15 is 0 Å². The zero-order valence-electron chi connectivity index (χ0n) is 14.3. The molecule has 0 saturated carbocycles. The van der Waals surface area contributed by atoms with Crippen molar-refractivity contribution in [2.24, 2.45) is 0 Å². The lowest BCUT2D eigenvalue weighted by Gasteiger charge is -2.16. The molecule has 0 atom stereocenters. The molecule has 0 bridgehead atoms. The van der Waals surface area contributed by atoms with E-state index in [9.17, 15) is 17.6 Å². The molecule has 0 radical (unpaired) electrons. The molecule has 0 unspecified atom stereocenters. The van der Waals surface area contributed by atoms with Gasteiger partial charge < -0.3 is 10.2 Å². The summed E-state index contributed by atoms with van der Waals surface area (Å²) in [7, 11) is -3.79. The maximum absolute atomic E-state index is 14.2. The van der Waals surface area contributed by atoms with E-state index in [2.05, 4.69) is 10.0 Å².